The van der Waals surface area contributed by atoms with E-state index in [2.05, 4.69) is 28.1 Å². The Morgan fingerprint density at radius 3 is 2.60 bits per heavy atom. The molecule has 1 amide bonds. The number of rotatable bonds is 7. The molecule has 0 fully saturated rings. The minimum atomic E-state index is 0.141. The summed E-state index contributed by atoms with van der Waals surface area (Å²) >= 11 is 0. The number of carbonyl (C=O) groups excluding carboxylic acids is 1. The Bertz CT molecular complexity index is 841. The van der Waals surface area contributed by atoms with Gasteiger partial charge in [0.05, 0.1) is 11.0 Å². The third kappa shape index (κ3) is 3.88. The number of aromatic nitrogens is 2. The van der Waals surface area contributed by atoms with E-state index >= 15 is 0 Å². The first-order valence-corrected chi connectivity index (χ1v) is 8.61. The molecular weight excluding hydrogens is 312 g/mol. The van der Waals surface area contributed by atoms with Gasteiger partial charge >= 0.3 is 0 Å². The number of para-hydroxylation sites is 3. The minimum Gasteiger partial charge on any atom is -0.344 e. The number of likely N-dealkylation sites (N-methyl/N-ethyl adjacent to an activating group) is 2. The van der Waals surface area contributed by atoms with E-state index in [1.165, 1.54) is 0 Å². The summed E-state index contributed by atoms with van der Waals surface area (Å²) in [6, 6.07) is 18.3. The number of fused-ring (bicyclic) bond motifs is 1. The molecule has 0 radical (unpaired) electrons. The molecule has 0 aliphatic carbocycles. The van der Waals surface area contributed by atoms with E-state index in [1.807, 2.05) is 50.5 Å². The summed E-state index contributed by atoms with van der Waals surface area (Å²) in [6.07, 6.45) is 1.07. The first-order valence-electron chi connectivity index (χ1n) is 8.61. The van der Waals surface area contributed by atoms with Gasteiger partial charge in [-0.3, -0.25) is 9.36 Å². The zero-order valence-corrected chi connectivity index (χ0v) is 14.8. The summed E-state index contributed by atoms with van der Waals surface area (Å²) in [5, 5.41) is 3.07. The molecule has 1 heterocycles. The molecule has 0 aliphatic heterocycles. The van der Waals surface area contributed by atoms with Crippen LogP contribution >= 0.6 is 0 Å². The average Bonchev–Trinajstić information content (AvgIpc) is 3.03. The Morgan fingerprint density at radius 1 is 1.12 bits per heavy atom. The lowest BCUT2D eigenvalue weighted by molar-refractivity contribution is -0.129. The minimum absolute atomic E-state index is 0.141. The molecule has 3 aromatic rings. The Balaban J connectivity index is 1.85. The second-order valence-corrected chi connectivity index (χ2v) is 6.11. The topological polar surface area (TPSA) is 50.2 Å². The Kier molecular flexibility index (Phi) is 5.46. The Hall–Kier alpha value is -2.66. The van der Waals surface area contributed by atoms with Gasteiger partial charge in [0, 0.05) is 38.7 Å². The second-order valence-electron chi connectivity index (χ2n) is 6.11. The van der Waals surface area contributed by atoms with Gasteiger partial charge in [-0.05, 0) is 31.3 Å². The highest BCUT2D eigenvalue weighted by molar-refractivity contribution is 5.79. The lowest BCUT2D eigenvalue weighted by Gasteiger charge is -2.17. The van der Waals surface area contributed by atoms with Gasteiger partial charge in [-0.15, -0.1) is 0 Å². The normalized spacial score (nSPS) is 11.0. The zero-order valence-electron chi connectivity index (χ0n) is 14.8. The van der Waals surface area contributed by atoms with Crippen LogP contribution in [0, 0.1) is 0 Å². The molecule has 25 heavy (non-hydrogen) atoms. The van der Waals surface area contributed by atoms with Crippen LogP contribution in [0.5, 0.6) is 0 Å². The molecule has 0 unspecified atom stereocenters. The number of hydrogen-bond donors (Lipinski definition) is 1. The number of aryl methyl sites for hydroxylation is 1. The van der Waals surface area contributed by atoms with Gasteiger partial charge in [-0.2, -0.15) is 0 Å². The highest BCUT2D eigenvalue weighted by Crippen LogP contribution is 2.22. The van der Waals surface area contributed by atoms with Crippen molar-refractivity contribution in [2.24, 2.45) is 0 Å². The van der Waals surface area contributed by atoms with Gasteiger partial charge in [0.1, 0.15) is 5.82 Å². The molecule has 5 nitrogen and oxygen atoms in total. The van der Waals surface area contributed by atoms with Crippen LogP contribution in [0.1, 0.15) is 12.2 Å². The van der Waals surface area contributed by atoms with E-state index in [4.69, 9.17) is 4.98 Å². The number of carbonyl (C=O) groups is 1. The molecule has 130 valence electrons. The molecular formula is C20H24N4O. The number of imidazole rings is 1. The SMILES string of the molecule is CNCCN(C)C(=O)CCc1nc2ccccc2n1-c1ccccc1. The van der Waals surface area contributed by atoms with Gasteiger partial charge in [-0.25, -0.2) is 4.98 Å². The maximum Gasteiger partial charge on any atom is 0.222 e. The summed E-state index contributed by atoms with van der Waals surface area (Å²) in [5.74, 6) is 1.06. The number of benzene rings is 2. The highest BCUT2D eigenvalue weighted by Gasteiger charge is 2.15. The average molecular weight is 336 g/mol. The summed E-state index contributed by atoms with van der Waals surface area (Å²) in [4.78, 5) is 18.9. The fourth-order valence-corrected chi connectivity index (χ4v) is 2.92. The van der Waals surface area contributed by atoms with Crippen LogP contribution in [-0.4, -0.2) is 47.5 Å². The van der Waals surface area contributed by atoms with Crippen molar-refractivity contribution in [1.82, 2.24) is 19.8 Å². The summed E-state index contributed by atoms with van der Waals surface area (Å²) in [7, 11) is 3.74. The molecule has 1 N–H and O–H groups in total. The molecule has 0 saturated heterocycles. The largest absolute Gasteiger partial charge is 0.344 e. The van der Waals surface area contributed by atoms with Crippen molar-refractivity contribution in [2.45, 2.75) is 12.8 Å². The molecule has 2 aromatic carbocycles. The molecule has 0 aliphatic rings. The molecule has 0 bridgehead atoms. The first kappa shape index (κ1) is 17.2. The molecule has 5 heteroatoms. The summed E-state index contributed by atoms with van der Waals surface area (Å²) in [5.41, 5.74) is 3.10. The van der Waals surface area contributed by atoms with Gasteiger partial charge in [0.2, 0.25) is 5.91 Å². The van der Waals surface area contributed by atoms with E-state index < -0.39 is 0 Å². The monoisotopic (exact) mass is 336 g/mol. The van der Waals surface area contributed by atoms with Crippen LogP contribution in [0.3, 0.4) is 0 Å². The lowest BCUT2D eigenvalue weighted by Crippen LogP contribution is -2.33. The number of amides is 1. The maximum atomic E-state index is 12.3. The predicted octanol–water partition coefficient (Wildman–Crippen LogP) is 2.64. The number of hydrogen-bond acceptors (Lipinski definition) is 3. The lowest BCUT2D eigenvalue weighted by atomic mass is 10.2. The smallest absolute Gasteiger partial charge is 0.222 e. The zero-order chi connectivity index (χ0) is 17.6. The van der Waals surface area contributed by atoms with Crippen molar-refractivity contribution < 1.29 is 4.79 Å². The van der Waals surface area contributed by atoms with E-state index in [9.17, 15) is 4.79 Å². The van der Waals surface area contributed by atoms with Crippen molar-refractivity contribution in [3.63, 3.8) is 0 Å². The van der Waals surface area contributed by atoms with Crippen molar-refractivity contribution >= 4 is 16.9 Å². The van der Waals surface area contributed by atoms with E-state index in [0.717, 1.165) is 29.1 Å². The maximum absolute atomic E-state index is 12.3. The standard InChI is InChI=1S/C20H24N4O/c1-21-14-15-23(2)20(25)13-12-19-22-17-10-6-7-11-18(17)24(19)16-8-4-3-5-9-16/h3-11,21H,12-15H2,1-2H3. The molecule has 0 saturated carbocycles. The van der Waals surface area contributed by atoms with Crippen LogP contribution in [-0.2, 0) is 11.2 Å². The van der Waals surface area contributed by atoms with Crippen molar-refractivity contribution in [3.8, 4) is 5.69 Å². The third-order valence-electron chi connectivity index (χ3n) is 4.33. The number of nitrogens with zero attached hydrogens (tertiary/aromatic N) is 3. The van der Waals surface area contributed by atoms with Gasteiger partial charge < -0.3 is 10.2 Å². The quantitative estimate of drug-likeness (QED) is 0.722. The van der Waals surface area contributed by atoms with E-state index in [1.54, 1.807) is 4.90 Å². The fraction of sp³-hybridized carbons (Fsp3) is 0.300. The van der Waals surface area contributed by atoms with Crippen molar-refractivity contribution in [2.75, 3.05) is 27.2 Å². The van der Waals surface area contributed by atoms with E-state index in [-0.39, 0.29) is 5.91 Å². The number of nitrogens with one attached hydrogen (secondary N) is 1. The van der Waals surface area contributed by atoms with Crippen molar-refractivity contribution in [3.05, 3.63) is 60.4 Å². The molecule has 3 rings (SSSR count). The van der Waals surface area contributed by atoms with Crippen LogP contribution < -0.4 is 5.32 Å². The summed E-state index contributed by atoms with van der Waals surface area (Å²) in [6.45, 7) is 1.51. The summed E-state index contributed by atoms with van der Waals surface area (Å²) < 4.78 is 2.15. The van der Waals surface area contributed by atoms with Gasteiger partial charge in [0.25, 0.3) is 0 Å². The molecule has 1 aromatic heterocycles. The highest BCUT2D eigenvalue weighted by atomic mass is 16.2. The predicted molar refractivity (Wildman–Crippen MR) is 101 cm³/mol. The Labute approximate surface area is 148 Å². The van der Waals surface area contributed by atoms with Gasteiger partial charge in [0.15, 0.2) is 0 Å². The van der Waals surface area contributed by atoms with Crippen LogP contribution in [0.15, 0.2) is 54.6 Å². The second kappa shape index (κ2) is 7.94. The molecule has 0 atom stereocenters. The fourth-order valence-electron chi connectivity index (χ4n) is 2.92. The molecule has 0 spiro atoms. The van der Waals surface area contributed by atoms with Crippen LogP contribution in [0.25, 0.3) is 16.7 Å². The van der Waals surface area contributed by atoms with E-state index in [0.29, 0.717) is 19.4 Å². The first-order chi connectivity index (χ1) is 12.2. The van der Waals surface area contributed by atoms with Crippen molar-refractivity contribution in [1.29, 1.82) is 0 Å². The van der Waals surface area contributed by atoms with Crippen LogP contribution in [0.4, 0.5) is 0 Å². The van der Waals surface area contributed by atoms with Gasteiger partial charge in [-0.1, -0.05) is 30.3 Å². The Morgan fingerprint density at radius 2 is 1.84 bits per heavy atom. The third-order valence-corrected chi connectivity index (χ3v) is 4.33. The van der Waals surface area contributed by atoms with Crippen LogP contribution in [0.2, 0.25) is 0 Å².